The summed E-state index contributed by atoms with van der Waals surface area (Å²) in [7, 11) is 0. The van der Waals surface area contributed by atoms with Gasteiger partial charge >= 0.3 is 0 Å². The van der Waals surface area contributed by atoms with Crippen LogP contribution in [-0.4, -0.2) is 11.9 Å². The number of amides is 1. The number of hydrogen-bond acceptors (Lipinski definition) is 2. The first kappa shape index (κ1) is 11.7. The van der Waals surface area contributed by atoms with Crippen molar-refractivity contribution >= 4 is 39.1 Å². The summed E-state index contributed by atoms with van der Waals surface area (Å²) < 4.78 is 0.804. The average molecular weight is 304 g/mol. The van der Waals surface area contributed by atoms with E-state index in [1.54, 1.807) is 6.07 Å². The highest BCUT2D eigenvalue weighted by Gasteiger charge is 2.34. The van der Waals surface area contributed by atoms with Crippen LogP contribution in [0.2, 0.25) is 5.02 Å². The van der Waals surface area contributed by atoms with Crippen molar-refractivity contribution in [3.63, 3.8) is 0 Å². The van der Waals surface area contributed by atoms with Gasteiger partial charge in [0.2, 0.25) is 5.91 Å². The van der Waals surface area contributed by atoms with Gasteiger partial charge in [-0.2, -0.15) is 0 Å². The van der Waals surface area contributed by atoms with E-state index < -0.39 is 0 Å². The minimum atomic E-state index is -0.298. The fourth-order valence-electron chi connectivity index (χ4n) is 1.62. The van der Waals surface area contributed by atoms with Crippen molar-refractivity contribution in [1.82, 2.24) is 0 Å². The van der Waals surface area contributed by atoms with Crippen molar-refractivity contribution in [2.24, 2.45) is 11.7 Å². The van der Waals surface area contributed by atoms with E-state index in [2.05, 4.69) is 21.2 Å². The number of halogens is 2. The number of nitrogens with one attached hydrogen (secondary N) is 1. The number of rotatable bonds is 4. The number of carbonyl (C=O) groups is 1. The number of anilines is 1. The van der Waals surface area contributed by atoms with Gasteiger partial charge in [-0.15, -0.1) is 0 Å². The predicted octanol–water partition coefficient (Wildman–Crippen LogP) is 2.78. The van der Waals surface area contributed by atoms with Crippen LogP contribution >= 0.6 is 27.5 Å². The third-order valence-corrected chi connectivity index (χ3v) is 3.86. The fraction of sp³-hybridized carbons (Fsp3) is 0.364. The molecule has 0 bridgehead atoms. The summed E-state index contributed by atoms with van der Waals surface area (Å²) >= 11 is 9.23. The summed E-state index contributed by atoms with van der Waals surface area (Å²) in [6.07, 6.45) is 2.13. The minimum absolute atomic E-state index is 0.270. The molecule has 3 N–H and O–H groups in total. The minimum Gasteiger partial charge on any atom is -0.373 e. The number of nitrogens with two attached hydrogens (primary N) is 1. The van der Waals surface area contributed by atoms with Gasteiger partial charge in [0.05, 0.1) is 5.02 Å². The topological polar surface area (TPSA) is 55.1 Å². The van der Waals surface area contributed by atoms with E-state index in [9.17, 15) is 4.79 Å². The lowest BCUT2D eigenvalue weighted by atomic mass is 10.1. The van der Waals surface area contributed by atoms with Crippen LogP contribution in [-0.2, 0) is 4.79 Å². The Balaban J connectivity index is 2.12. The molecule has 5 heteroatoms. The summed E-state index contributed by atoms with van der Waals surface area (Å²) in [5.74, 6) is 0.0838. The molecule has 0 aromatic heterocycles. The summed E-state index contributed by atoms with van der Waals surface area (Å²) in [4.78, 5) is 11.3. The Morgan fingerprint density at radius 3 is 2.75 bits per heavy atom. The molecular weight excluding hydrogens is 291 g/mol. The highest BCUT2D eigenvalue weighted by molar-refractivity contribution is 9.10. The van der Waals surface area contributed by atoms with Crippen LogP contribution in [0, 0.1) is 5.92 Å². The van der Waals surface area contributed by atoms with Crippen molar-refractivity contribution in [3.8, 4) is 0 Å². The average Bonchev–Trinajstić information content (AvgIpc) is 3.03. The highest BCUT2D eigenvalue weighted by Crippen LogP contribution is 2.35. The van der Waals surface area contributed by atoms with Gasteiger partial charge in [0.25, 0.3) is 0 Å². The summed E-state index contributed by atoms with van der Waals surface area (Å²) in [6, 6.07) is 5.19. The van der Waals surface area contributed by atoms with Gasteiger partial charge in [-0.3, -0.25) is 4.79 Å². The third-order valence-electron chi connectivity index (χ3n) is 2.64. The first-order valence-electron chi connectivity index (χ1n) is 5.09. The van der Waals surface area contributed by atoms with Gasteiger partial charge in [-0.25, -0.2) is 0 Å². The van der Waals surface area contributed by atoms with Crippen LogP contribution in [0.5, 0.6) is 0 Å². The lowest BCUT2D eigenvalue weighted by Crippen LogP contribution is -2.37. The molecule has 0 saturated heterocycles. The molecule has 1 atom stereocenters. The molecule has 2 rings (SSSR count). The molecule has 16 heavy (non-hydrogen) atoms. The second-order valence-corrected chi connectivity index (χ2v) is 5.25. The second-order valence-electron chi connectivity index (χ2n) is 3.99. The second kappa shape index (κ2) is 4.63. The van der Waals surface area contributed by atoms with Crippen molar-refractivity contribution in [3.05, 3.63) is 27.7 Å². The first-order chi connectivity index (χ1) is 7.58. The Morgan fingerprint density at radius 2 is 2.25 bits per heavy atom. The van der Waals surface area contributed by atoms with Gasteiger partial charge in [-0.05, 0) is 52.9 Å². The lowest BCUT2D eigenvalue weighted by molar-refractivity contribution is -0.119. The van der Waals surface area contributed by atoms with Gasteiger partial charge in [-0.1, -0.05) is 11.6 Å². The van der Waals surface area contributed by atoms with Crippen molar-refractivity contribution in [2.45, 2.75) is 18.9 Å². The number of benzene rings is 1. The van der Waals surface area contributed by atoms with E-state index in [-0.39, 0.29) is 11.9 Å². The summed E-state index contributed by atoms with van der Waals surface area (Å²) in [5, 5.41) is 3.79. The Hall–Kier alpha value is -0.740. The van der Waals surface area contributed by atoms with E-state index in [4.69, 9.17) is 17.3 Å². The molecule has 1 aromatic rings. The monoisotopic (exact) mass is 302 g/mol. The molecule has 1 amide bonds. The summed E-state index contributed by atoms with van der Waals surface area (Å²) in [6.45, 7) is 0. The molecule has 1 aromatic carbocycles. The van der Waals surface area contributed by atoms with Gasteiger partial charge in [0.1, 0.15) is 6.04 Å². The largest absolute Gasteiger partial charge is 0.373 e. The Morgan fingerprint density at radius 1 is 1.56 bits per heavy atom. The van der Waals surface area contributed by atoms with E-state index in [0.29, 0.717) is 10.9 Å². The molecule has 1 aliphatic rings. The standard InChI is InChI=1S/C11H12BrClN2O/c12-8-5-7(3-4-9(8)13)15-10(11(14)16)6-1-2-6/h3-6,10,15H,1-2H2,(H2,14,16). The van der Waals surface area contributed by atoms with Crippen LogP contribution in [0.3, 0.4) is 0 Å². The molecule has 86 valence electrons. The zero-order valence-corrected chi connectivity index (χ0v) is 10.9. The molecule has 1 aliphatic carbocycles. The van der Waals surface area contributed by atoms with Crippen molar-refractivity contribution < 1.29 is 4.79 Å². The SMILES string of the molecule is NC(=O)C(Nc1ccc(Cl)c(Br)c1)C1CC1. The van der Waals surface area contributed by atoms with Gasteiger partial charge in [0.15, 0.2) is 0 Å². The smallest absolute Gasteiger partial charge is 0.240 e. The highest BCUT2D eigenvalue weighted by atomic mass is 79.9. The zero-order chi connectivity index (χ0) is 11.7. The molecule has 1 saturated carbocycles. The number of carbonyl (C=O) groups excluding carboxylic acids is 1. The van der Waals surface area contributed by atoms with Crippen LogP contribution in [0.15, 0.2) is 22.7 Å². The molecule has 0 heterocycles. The maximum atomic E-state index is 11.3. The quantitative estimate of drug-likeness (QED) is 0.898. The first-order valence-corrected chi connectivity index (χ1v) is 6.26. The maximum Gasteiger partial charge on any atom is 0.240 e. The van der Waals surface area contributed by atoms with Gasteiger partial charge in [0, 0.05) is 10.2 Å². The van der Waals surface area contributed by atoms with Crippen LogP contribution in [0.4, 0.5) is 5.69 Å². The predicted molar refractivity (Wildman–Crippen MR) is 68.5 cm³/mol. The van der Waals surface area contributed by atoms with Crippen molar-refractivity contribution in [1.29, 1.82) is 0 Å². The Kier molecular flexibility index (Phi) is 3.40. The fourth-order valence-corrected chi connectivity index (χ4v) is 2.11. The Bertz CT molecular complexity index is 420. The molecule has 1 unspecified atom stereocenters. The van der Waals surface area contributed by atoms with Crippen LogP contribution in [0.1, 0.15) is 12.8 Å². The summed E-state index contributed by atoms with van der Waals surface area (Å²) in [5.41, 5.74) is 6.21. The molecule has 1 fully saturated rings. The lowest BCUT2D eigenvalue weighted by Gasteiger charge is -2.16. The molecule has 0 radical (unpaired) electrons. The molecule has 3 nitrogen and oxygen atoms in total. The van der Waals surface area contributed by atoms with Crippen LogP contribution < -0.4 is 11.1 Å². The van der Waals surface area contributed by atoms with E-state index in [1.165, 1.54) is 0 Å². The normalized spacial score (nSPS) is 16.9. The number of hydrogen-bond donors (Lipinski definition) is 2. The zero-order valence-electron chi connectivity index (χ0n) is 8.54. The van der Waals surface area contributed by atoms with E-state index in [0.717, 1.165) is 23.0 Å². The van der Waals surface area contributed by atoms with E-state index >= 15 is 0 Å². The van der Waals surface area contributed by atoms with Gasteiger partial charge < -0.3 is 11.1 Å². The molecule has 0 spiro atoms. The molecule has 0 aliphatic heterocycles. The maximum absolute atomic E-state index is 11.3. The Labute approximate surface area is 107 Å². The number of primary amides is 1. The van der Waals surface area contributed by atoms with Crippen molar-refractivity contribution in [2.75, 3.05) is 5.32 Å². The van der Waals surface area contributed by atoms with E-state index in [1.807, 2.05) is 12.1 Å². The third kappa shape index (κ3) is 2.68. The van der Waals surface area contributed by atoms with Crippen LogP contribution in [0.25, 0.3) is 0 Å². The molecular formula is C11H12BrClN2O.